The lowest BCUT2D eigenvalue weighted by Gasteiger charge is -2.28. The fourth-order valence-electron chi connectivity index (χ4n) is 2.81. The Morgan fingerprint density at radius 2 is 2.05 bits per heavy atom. The molecular weight excluding hydrogens is 254 g/mol. The molecule has 0 aliphatic heterocycles. The minimum atomic E-state index is -0.0875. The Hall–Kier alpha value is -1.10. The van der Waals surface area contributed by atoms with Crippen molar-refractivity contribution in [1.82, 2.24) is 10.2 Å². The van der Waals surface area contributed by atoms with Gasteiger partial charge in [0.25, 0.3) is 0 Å². The summed E-state index contributed by atoms with van der Waals surface area (Å²) in [5.74, 6) is 0.370. The van der Waals surface area contributed by atoms with Gasteiger partial charge in [-0.1, -0.05) is 6.42 Å². The van der Waals surface area contributed by atoms with Crippen LogP contribution < -0.4 is 11.1 Å². The maximum atomic E-state index is 12.3. The molecule has 2 amide bonds. The van der Waals surface area contributed by atoms with E-state index < -0.39 is 0 Å². The lowest BCUT2D eigenvalue weighted by Crippen LogP contribution is -2.43. The van der Waals surface area contributed by atoms with E-state index in [2.05, 4.69) is 5.32 Å². The van der Waals surface area contributed by atoms with Crippen molar-refractivity contribution in [2.45, 2.75) is 65.0 Å². The lowest BCUT2D eigenvalue weighted by atomic mass is 9.84. The smallest absolute Gasteiger partial charge is 0.239 e. The Balaban J connectivity index is 2.43. The average Bonchev–Trinajstić information content (AvgIpc) is 2.34. The van der Waals surface area contributed by atoms with E-state index in [0.717, 1.165) is 25.7 Å². The second kappa shape index (κ2) is 8.25. The van der Waals surface area contributed by atoms with E-state index in [-0.39, 0.29) is 30.4 Å². The molecule has 0 radical (unpaired) electrons. The van der Waals surface area contributed by atoms with Gasteiger partial charge >= 0.3 is 0 Å². The summed E-state index contributed by atoms with van der Waals surface area (Å²) in [5.41, 5.74) is 5.96. The van der Waals surface area contributed by atoms with Crippen LogP contribution in [0.25, 0.3) is 0 Å². The van der Waals surface area contributed by atoms with Gasteiger partial charge < -0.3 is 16.0 Å². The lowest BCUT2D eigenvalue weighted by molar-refractivity contribution is -0.137. The molecule has 1 aliphatic carbocycles. The zero-order chi connectivity index (χ0) is 15.1. The summed E-state index contributed by atoms with van der Waals surface area (Å²) in [6.45, 7) is 6.47. The Morgan fingerprint density at radius 3 is 2.60 bits per heavy atom. The van der Waals surface area contributed by atoms with Crippen LogP contribution in [0.15, 0.2) is 0 Å². The second-order valence-electron chi connectivity index (χ2n) is 6.13. The third-order valence-corrected chi connectivity index (χ3v) is 3.81. The first-order chi connectivity index (χ1) is 9.42. The molecule has 0 aromatic heterocycles. The van der Waals surface area contributed by atoms with Gasteiger partial charge in [0.2, 0.25) is 11.8 Å². The highest BCUT2D eigenvalue weighted by molar-refractivity contribution is 5.85. The minimum absolute atomic E-state index is 0.0745. The van der Waals surface area contributed by atoms with Crippen LogP contribution in [-0.2, 0) is 9.59 Å². The van der Waals surface area contributed by atoms with Gasteiger partial charge in [0.05, 0.1) is 6.54 Å². The minimum Gasteiger partial charge on any atom is -0.352 e. The molecule has 20 heavy (non-hydrogen) atoms. The van der Waals surface area contributed by atoms with Gasteiger partial charge in [0.1, 0.15) is 0 Å². The third-order valence-electron chi connectivity index (χ3n) is 3.81. The largest absolute Gasteiger partial charge is 0.352 e. The maximum Gasteiger partial charge on any atom is 0.239 e. The molecular formula is C15H29N3O2. The van der Waals surface area contributed by atoms with Crippen molar-refractivity contribution in [3.63, 3.8) is 0 Å². The first kappa shape index (κ1) is 17.0. The highest BCUT2D eigenvalue weighted by Gasteiger charge is 2.24. The molecule has 116 valence electrons. The molecule has 1 saturated carbocycles. The quantitative estimate of drug-likeness (QED) is 0.770. The average molecular weight is 283 g/mol. The summed E-state index contributed by atoms with van der Waals surface area (Å²) in [4.78, 5) is 25.7. The first-order valence-corrected chi connectivity index (χ1v) is 7.75. The van der Waals surface area contributed by atoms with E-state index >= 15 is 0 Å². The standard InChI is InChI=1S/C15H29N3O2/c1-4-18(10-14(19)17-11(2)3)15(20)9-12-6-5-7-13(16)8-12/h11-13H,4-10,16H2,1-3H3,(H,17,19). The molecule has 2 atom stereocenters. The van der Waals surface area contributed by atoms with Gasteiger partial charge in [-0.2, -0.15) is 0 Å². The van der Waals surface area contributed by atoms with Crippen molar-refractivity contribution in [3.05, 3.63) is 0 Å². The molecule has 1 aliphatic rings. The molecule has 0 aromatic rings. The van der Waals surface area contributed by atoms with Crippen LogP contribution in [0.3, 0.4) is 0 Å². The van der Waals surface area contributed by atoms with Crippen LogP contribution in [0.4, 0.5) is 0 Å². The number of carbonyl (C=O) groups excluding carboxylic acids is 2. The third kappa shape index (κ3) is 5.90. The molecule has 0 spiro atoms. The van der Waals surface area contributed by atoms with Crippen LogP contribution in [0.2, 0.25) is 0 Å². The summed E-state index contributed by atoms with van der Waals surface area (Å²) in [6, 6.07) is 0.341. The van der Waals surface area contributed by atoms with Crippen LogP contribution in [-0.4, -0.2) is 41.9 Å². The van der Waals surface area contributed by atoms with Crippen molar-refractivity contribution in [1.29, 1.82) is 0 Å². The van der Waals surface area contributed by atoms with E-state index in [1.54, 1.807) is 4.90 Å². The van der Waals surface area contributed by atoms with Crippen LogP contribution >= 0.6 is 0 Å². The summed E-state index contributed by atoms with van der Waals surface area (Å²) < 4.78 is 0. The number of nitrogens with zero attached hydrogens (tertiary/aromatic N) is 1. The van der Waals surface area contributed by atoms with E-state index in [4.69, 9.17) is 5.73 Å². The molecule has 2 unspecified atom stereocenters. The van der Waals surface area contributed by atoms with Crippen molar-refractivity contribution in [2.24, 2.45) is 11.7 Å². The summed E-state index contributed by atoms with van der Waals surface area (Å²) in [6.07, 6.45) is 4.71. The molecule has 0 heterocycles. The number of nitrogens with one attached hydrogen (secondary N) is 1. The Morgan fingerprint density at radius 1 is 1.35 bits per heavy atom. The Bertz CT molecular complexity index is 331. The molecule has 1 rings (SSSR count). The Kier molecular flexibility index (Phi) is 6.99. The second-order valence-corrected chi connectivity index (χ2v) is 6.13. The number of carbonyl (C=O) groups is 2. The zero-order valence-corrected chi connectivity index (χ0v) is 13.0. The maximum absolute atomic E-state index is 12.3. The van der Waals surface area contributed by atoms with Crippen molar-refractivity contribution in [3.8, 4) is 0 Å². The highest BCUT2D eigenvalue weighted by atomic mass is 16.2. The van der Waals surface area contributed by atoms with Crippen LogP contribution in [0, 0.1) is 5.92 Å². The normalized spacial score (nSPS) is 22.6. The van der Waals surface area contributed by atoms with Gasteiger partial charge in [-0.3, -0.25) is 9.59 Å². The van der Waals surface area contributed by atoms with Crippen molar-refractivity contribution in [2.75, 3.05) is 13.1 Å². The molecule has 0 bridgehead atoms. The predicted octanol–water partition coefficient (Wildman–Crippen LogP) is 1.27. The van der Waals surface area contributed by atoms with E-state index in [1.807, 2.05) is 20.8 Å². The van der Waals surface area contributed by atoms with Crippen LogP contribution in [0.1, 0.15) is 52.9 Å². The number of amides is 2. The van der Waals surface area contributed by atoms with Crippen molar-refractivity contribution < 1.29 is 9.59 Å². The van der Waals surface area contributed by atoms with Gasteiger partial charge in [-0.25, -0.2) is 0 Å². The number of hydrogen-bond donors (Lipinski definition) is 2. The summed E-state index contributed by atoms with van der Waals surface area (Å²) in [7, 11) is 0. The first-order valence-electron chi connectivity index (χ1n) is 7.75. The highest BCUT2D eigenvalue weighted by Crippen LogP contribution is 2.26. The van der Waals surface area contributed by atoms with Gasteiger partial charge in [-0.05, 0) is 46.0 Å². The zero-order valence-electron chi connectivity index (χ0n) is 13.0. The molecule has 3 N–H and O–H groups in total. The fraction of sp³-hybridized carbons (Fsp3) is 0.867. The van der Waals surface area contributed by atoms with Gasteiger partial charge in [0, 0.05) is 25.0 Å². The number of likely N-dealkylation sites (N-methyl/N-ethyl adjacent to an activating group) is 1. The molecule has 5 heteroatoms. The Labute approximate surface area is 122 Å². The van der Waals surface area contributed by atoms with Gasteiger partial charge in [-0.15, -0.1) is 0 Å². The van der Waals surface area contributed by atoms with Gasteiger partial charge in [0.15, 0.2) is 0 Å². The van der Waals surface area contributed by atoms with E-state index in [0.29, 0.717) is 18.9 Å². The molecule has 0 saturated heterocycles. The number of hydrogen-bond acceptors (Lipinski definition) is 3. The van der Waals surface area contributed by atoms with Crippen molar-refractivity contribution >= 4 is 11.8 Å². The summed E-state index contributed by atoms with van der Waals surface area (Å²) >= 11 is 0. The number of nitrogens with two attached hydrogens (primary N) is 1. The fourth-order valence-corrected chi connectivity index (χ4v) is 2.81. The monoisotopic (exact) mass is 283 g/mol. The number of rotatable bonds is 6. The molecule has 1 fully saturated rings. The SMILES string of the molecule is CCN(CC(=O)NC(C)C)C(=O)CC1CCCC(N)C1. The molecule has 5 nitrogen and oxygen atoms in total. The van der Waals surface area contributed by atoms with E-state index in [1.165, 1.54) is 0 Å². The van der Waals surface area contributed by atoms with Crippen LogP contribution in [0.5, 0.6) is 0 Å². The summed E-state index contributed by atoms with van der Waals surface area (Å²) in [5, 5.41) is 2.82. The van der Waals surface area contributed by atoms with E-state index in [9.17, 15) is 9.59 Å². The molecule has 0 aromatic carbocycles. The predicted molar refractivity (Wildman–Crippen MR) is 80.1 cm³/mol. The topological polar surface area (TPSA) is 75.4 Å².